The predicted octanol–water partition coefficient (Wildman–Crippen LogP) is 2.92. The first-order chi connectivity index (χ1) is 11.7. The Morgan fingerprint density at radius 1 is 1.38 bits per heavy atom. The summed E-state index contributed by atoms with van der Waals surface area (Å²) in [7, 11) is 3.25. The van der Waals surface area contributed by atoms with E-state index in [4.69, 9.17) is 14.2 Å². The van der Waals surface area contributed by atoms with Crippen molar-refractivity contribution in [2.45, 2.75) is 32.2 Å². The van der Waals surface area contributed by atoms with Crippen LogP contribution in [-0.4, -0.2) is 35.8 Å². The number of rotatable bonds is 5. The molecule has 0 aliphatic carbocycles. The third kappa shape index (κ3) is 3.83. The number of methoxy groups -OCH3 is 1. The van der Waals surface area contributed by atoms with Gasteiger partial charge >= 0.3 is 5.97 Å². The van der Waals surface area contributed by atoms with Gasteiger partial charge in [0.05, 0.1) is 30.7 Å². The zero-order chi connectivity index (χ0) is 16.9. The molecule has 24 heavy (non-hydrogen) atoms. The molecule has 6 heteroatoms. The Labute approximate surface area is 141 Å². The number of benzene rings is 1. The van der Waals surface area contributed by atoms with Gasteiger partial charge in [-0.25, -0.2) is 4.79 Å². The second-order valence-electron chi connectivity index (χ2n) is 5.82. The summed E-state index contributed by atoms with van der Waals surface area (Å²) in [6, 6.07) is 9.28. The van der Waals surface area contributed by atoms with Crippen LogP contribution in [0.3, 0.4) is 0 Å². The summed E-state index contributed by atoms with van der Waals surface area (Å²) in [5, 5.41) is 4.49. The number of hydrogen-bond donors (Lipinski definition) is 0. The van der Waals surface area contributed by atoms with E-state index < -0.39 is 0 Å². The Hall–Kier alpha value is -2.18. The van der Waals surface area contributed by atoms with Gasteiger partial charge in [0.25, 0.3) is 0 Å². The first-order valence-electron chi connectivity index (χ1n) is 8.12. The van der Waals surface area contributed by atoms with Gasteiger partial charge in [-0.2, -0.15) is 5.10 Å². The van der Waals surface area contributed by atoms with Crippen molar-refractivity contribution in [3.05, 3.63) is 41.6 Å². The molecule has 1 aromatic carbocycles. The van der Waals surface area contributed by atoms with Crippen molar-refractivity contribution in [3.8, 4) is 11.3 Å². The molecule has 1 atom stereocenters. The van der Waals surface area contributed by atoms with Crippen LogP contribution in [0, 0.1) is 0 Å². The van der Waals surface area contributed by atoms with E-state index in [0.717, 1.165) is 42.8 Å². The quantitative estimate of drug-likeness (QED) is 0.789. The predicted molar refractivity (Wildman–Crippen MR) is 88.4 cm³/mol. The van der Waals surface area contributed by atoms with Crippen LogP contribution in [0.5, 0.6) is 0 Å². The molecule has 1 aromatic heterocycles. The minimum atomic E-state index is -0.350. The number of nitrogens with zero attached hydrogens (tertiary/aromatic N) is 2. The van der Waals surface area contributed by atoms with E-state index in [1.807, 2.05) is 25.2 Å². The molecular weight excluding hydrogens is 308 g/mol. The van der Waals surface area contributed by atoms with Crippen LogP contribution in [-0.2, 0) is 27.9 Å². The summed E-state index contributed by atoms with van der Waals surface area (Å²) in [6.45, 7) is 1.17. The van der Waals surface area contributed by atoms with E-state index >= 15 is 0 Å². The molecule has 6 nitrogen and oxygen atoms in total. The molecule has 1 fully saturated rings. The normalized spacial score (nSPS) is 17.7. The summed E-state index contributed by atoms with van der Waals surface area (Å²) >= 11 is 0. The van der Waals surface area contributed by atoms with Gasteiger partial charge in [0.15, 0.2) is 6.29 Å². The molecular formula is C18H22N2O4. The van der Waals surface area contributed by atoms with Gasteiger partial charge in [-0.3, -0.25) is 4.68 Å². The third-order valence-corrected chi connectivity index (χ3v) is 4.06. The maximum atomic E-state index is 11.7. The van der Waals surface area contributed by atoms with Gasteiger partial charge in [0, 0.05) is 19.2 Å². The first kappa shape index (κ1) is 16.7. The van der Waals surface area contributed by atoms with Crippen molar-refractivity contribution >= 4 is 5.97 Å². The van der Waals surface area contributed by atoms with Crippen LogP contribution >= 0.6 is 0 Å². The van der Waals surface area contributed by atoms with Gasteiger partial charge in [-0.1, -0.05) is 12.1 Å². The Kier molecular flexibility index (Phi) is 5.27. The lowest BCUT2D eigenvalue weighted by Gasteiger charge is -2.22. The summed E-state index contributed by atoms with van der Waals surface area (Å²) in [4.78, 5) is 11.7. The number of aromatic nitrogens is 2. The van der Waals surface area contributed by atoms with Crippen molar-refractivity contribution in [2.24, 2.45) is 7.05 Å². The first-order valence-corrected chi connectivity index (χ1v) is 8.12. The molecule has 128 valence electrons. The van der Waals surface area contributed by atoms with Crippen molar-refractivity contribution < 1.29 is 19.0 Å². The highest BCUT2D eigenvalue weighted by atomic mass is 16.7. The smallest absolute Gasteiger partial charge is 0.337 e. The van der Waals surface area contributed by atoms with Crippen LogP contribution in [0.25, 0.3) is 11.3 Å². The molecule has 0 N–H and O–H groups in total. The molecule has 1 saturated heterocycles. The minimum absolute atomic E-state index is 0.133. The molecule has 0 radical (unpaired) electrons. The van der Waals surface area contributed by atoms with Crippen molar-refractivity contribution in [3.63, 3.8) is 0 Å². The Morgan fingerprint density at radius 2 is 2.25 bits per heavy atom. The largest absolute Gasteiger partial charge is 0.465 e. The van der Waals surface area contributed by atoms with Gasteiger partial charge in [0.2, 0.25) is 0 Å². The van der Waals surface area contributed by atoms with Gasteiger partial charge in [-0.15, -0.1) is 0 Å². The number of ether oxygens (including phenoxy) is 3. The maximum absolute atomic E-state index is 11.7. The van der Waals surface area contributed by atoms with Crippen LogP contribution in [0.15, 0.2) is 30.3 Å². The fraction of sp³-hybridized carbons (Fsp3) is 0.444. The lowest BCUT2D eigenvalue weighted by atomic mass is 10.1. The Bertz CT molecular complexity index is 705. The molecule has 0 saturated carbocycles. The molecule has 0 spiro atoms. The summed E-state index contributed by atoms with van der Waals surface area (Å²) in [5.41, 5.74) is 3.19. The monoisotopic (exact) mass is 330 g/mol. The second-order valence-corrected chi connectivity index (χ2v) is 5.82. The number of carbonyl (C=O) groups is 1. The molecule has 2 heterocycles. The van der Waals surface area contributed by atoms with E-state index in [9.17, 15) is 4.79 Å². The SMILES string of the molecule is COC(=O)c1cccc(-c2cc(COC3CCCCO3)nn2C)c1. The topological polar surface area (TPSA) is 62.6 Å². The molecule has 2 aromatic rings. The third-order valence-electron chi connectivity index (χ3n) is 4.06. The zero-order valence-corrected chi connectivity index (χ0v) is 14.0. The van der Waals surface area contributed by atoms with Crippen LogP contribution in [0.1, 0.15) is 35.3 Å². The minimum Gasteiger partial charge on any atom is -0.465 e. The van der Waals surface area contributed by atoms with E-state index in [2.05, 4.69) is 5.10 Å². The fourth-order valence-electron chi connectivity index (χ4n) is 2.81. The molecule has 0 bridgehead atoms. The van der Waals surface area contributed by atoms with Gasteiger partial charge in [-0.05, 0) is 37.5 Å². The number of hydrogen-bond acceptors (Lipinski definition) is 5. The van der Waals surface area contributed by atoms with Crippen molar-refractivity contribution in [1.82, 2.24) is 9.78 Å². The maximum Gasteiger partial charge on any atom is 0.337 e. The molecule has 1 unspecified atom stereocenters. The summed E-state index contributed by atoms with van der Waals surface area (Å²) < 4.78 is 17.9. The van der Waals surface area contributed by atoms with Crippen LogP contribution in [0.2, 0.25) is 0 Å². The van der Waals surface area contributed by atoms with E-state index in [1.54, 1.807) is 16.8 Å². The Morgan fingerprint density at radius 3 is 3.00 bits per heavy atom. The highest BCUT2D eigenvalue weighted by molar-refractivity contribution is 5.90. The summed E-state index contributed by atoms with van der Waals surface area (Å²) in [6.07, 6.45) is 3.04. The molecule has 1 aliphatic rings. The lowest BCUT2D eigenvalue weighted by molar-refractivity contribution is -0.169. The van der Waals surface area contributed by atoms with Crippen LogP contribution in [0.4, 0.5) is 0 Å². The average Bonchev–Trinajstić information content (AvgIpc) is 3.01. The van der Waals surface area contributed by atoms with Crippen molar-refractivity contribution in [2.75, 3.05) is 13.7 Å². The standard InChI is InChI=1S/C18H22N2O4/c1-20-16(13-6-5-7-14(10-13)18(21)22-2)11-15(19-20)12-24-17-8-3-4-9-23-17/h5-7,10-11,17H,3-4,8-9,12H2,1-2H3. The molecule has 3 rings (SSSR count). The highest BCUT2D eigenvalue weighted by Gasteiger charge is 2.16. The Balaban J connectivity index is 1.72. The van der Waals surface area contributed by atoms with Gasteiger partial charge in [0.1, 0.15) is 0 Å². The summed E-state index contributed by atoms with van der Waals surface area (Å²) in [5.74, 6) is -0.350. The molecule has 0 amide bonds. The number of esters is 1. The highest BCUT2D eigenvalue weighted by Crippen LogP contribution is 2.22. The van der Waals surface area contributed by atoms with Gasteiger partial charge < -0.3 is 14.2 Å². The van der Waals surface area contributed by atoms with E-state index in [1.165, 1.54) is 7.11 Å². The van der Waals surface area contributed by atoms with E-state index in [0.29, 0.717) is 12.2 Å². The van der Waals surface area contributed by atoms with Crippen LogP contribution < -0.4 is 0 Å². The molecule has 1 aliphatic heterocycles. The number of aryl methyl sites for hydroxylation is 1. The lowest BCUT2D eigenvalue weighted by Crippen LogP contribution is -2.22. The zero-order valence-electron chi connectivity index (χ0n) is 14.0. The number of carbonyl (C=O) groups excluding carboxylic acids is 1. The fourth-order valence-corrected chi connectivity index (χ4v) is 2.81. The van der Waals surface area contributed by atoms with Crippen molar-refractivity contribution in [1.29, 1.82) is 0 Å². The van der Waals surface area contributed by atoms with E-state index in [-0.39, 0.29) is 12.3 Å². The second kappa shape index (κ2) is 7.59. The average molecular weight is 330 g/mol.